The van der Waals surface area contributed by atoms with E-state index in [2.05, 4.69) is 10.2 Å². The maximum Gasteiger partial charge on any atom is 0.254 e. The van der Waals surface area contributed by atoms with Crippen molar-refractivity contribution in [3.63, 3.8) is 0 Å². The number of nitrogens with zero attached hydrogens (tertiary/aromatic N) is 1. The Labute approximate surface area is 112 Å². The van der Waals surface area contributed by atoms with E-state index in [1.54, 1.807) is 0 Å². The van der Waals surface area contributed by atoms with Crippen LogP contribution in [0.5, 0.6) is 0 Å². The molecule has 5 heteroatoms. The first kappa shape index (κ1) is 14.9. The normalized spacial score (nSPS) is 10.7. The van der Waals surface area contributed by atoms with Gasteiger partial charge in [-0.15, -0.1) is 0 Å². The van der Waals surface area contributed by atoms with Crippen molar-refractivity contribution in [2.45, 2.75) is 12.8 Å². The number of carbonyl (C=O) groups is 1. The standard InChI is InChI=1S/C13H18ClFN2O/c1-17(2)8-4-3-7-16-13(18)11-9-10(14)5-6-12(11)15/h5-6,9H,3-4,7-8H2,1-2H3,(H,16,18). The van der Waals surface area contributed by atoms with Gasteiger partial charge in [-0.05, 0) is 51.7 Å². The number of rotatable bonds is 6. The first-order valence-corrected chi connectivity index (χ1v) is 6.26. The molecule has 0 aliphatic carbocycles. The summed E-state index contributed by atoms with van der Waals surface area (Å²) in [7, 11) is 4.00. The average molecular weight is 273 g/mol. The van der Waals surface area contributed by atoms with Gasteiger partial charge < -0.3 is 10.2 Å². The van der Waals surface area contributed by atoms with Crippen LogP contribution >= 0.6 is 11.6 Å². The lowest BCUT2D eigenvalue weighted by Crippen LogP contribution is -2.26. The fourth-order valence-electron chi connectivity index (χ4n) is 1.52. The molecule has 0 radical (unpaired) electrons. The van der Waals surface area contributed by atoms with Crippen LogP contribution in [0.3, 0.4) is 0 Å². The lowest BCUT2D eigenvalue weighted by atomic mass is 10.2. The zero-order valence-electron chi connectivity index (χ0n) is 10.7. The monoisotopic (exact) mass is 272 g/mol. The molecular weight excluding hydrogens is 255 g/mol. The van der Waals surface area contributed by atoms with E-state index in [9.17, 15) is 9.18 Å². The summed E-state index contributed by atoms with van der Waals surface area (Å²) in [6, 6.07) is 3.96. The number of nitrogens with one attached hydrogen (secondary N) is 1. The maximum atomic E-state index is 13.4. The van der Waals surface area contributed by atoms with Gasteiger partial charge in [0, 0.05) is 11.6 Å². The Balaban J connectivity index is 2.39. The number of amides is 1. The van der Waals surface area contributed by atoms with Crippen LogP contribution in [0.4, 0.5) is 4.39 Å². The van der Waals surface area contributed by atoms with Crippen LogP contribution in [-0.4, -0.2) is 38.0 Å². The predicted octanol–water partition coefficient (Wildman–Crippen LogP) is 2.55. The van der Waals surface area contributed by atoms with Gasteiger partial charge in [0.25, 0.3) is 5.91 Å². The Morgan fingerprint density at radius 1 is 1.39 bits per heavy atom. The number of halogens is 2. The molecule has 0 aliphatic rings. The van der Waals surface area contributed by atoms with E-state index in [0.717, 1.165) is 19.4 Å². The van der Waals surface area contributed by atoms with Crippen LogP contribution in [0.15, 0.2) is 18.2 Å². The van der Waals surface area contributed by atoms with Gasteiger partial charge in [-0.3, -0.25) is 4.79 Å². The average Bonchev–Trinajstić information content (AvgIpc) is 2.31. The topological polar surface area (TPSA) is 32.3 Å². The van der Waals surface area contributed by atoms with Crippen LogP contribution in [-0.2, 0) is 0 Å². The Kier molecular flexibility index (Phi) is 6.09. The smallest absolute Gasteiger partial charge is 0.254 e. The van der Waals surface area contributed by atoms with Gasteiger partial charge in [0.1, 0.15) is 5.82 Å². The molecule has 1 rings (SSSR count). The molecule has 1 amide bonds. The van der Waals surface area contributed by atoms with Gasteiger partial charge in [0.15, 0.2) is 0 Å². The molecule has 1 aromatic carbocycles. The second kappa shape index (κ2) is 7.34. The molecule has 0 atom stereocenters. The highest BCUT2D eigenvalue weighted by Crippen LogP contribution is 2.14. The van der Waals surface area contributed by atoms with Crippen molar-refractivity contribution in [2.75, 3.05) is 27.2 Å². The number of unbranched alkanes of at least 4 members (excludes halogenated alkanes) is 1. The van der Waals surface area contributed by atoms with Crippen molar-refractivity contribution in [1.29, 1.82) is 0 Å². The van der Waals surface area contributed by atoms with Gasteiger partial charge in [-0.1, -0.05) is 11.6 Å². The third-order valence-electron chi connectivity index (χ3n) is 2.49. The first-order chi connectivity index (χ1) is 8.50. The number of benzene rings is 1. The Morgan fingerprint density at radius 3 is 2.78 bits per heavy atom. The number of hydrogen-bond acceptors (Lipinski definition) is 2. The van der Waals surface area contributed by atoms with Crippen molar-refractivity contribution in [3.8, 4) is 0 Å². The largest absolute Gasteiger partial charge is 0.352 e. The lowest BCUT2D eigenvalue weighted by Gasteiger charge is -2.09. The van der Waals surface area contributed by atoms with Crippen molar-refractivity contribution < 1.29 is 9.18 Å². The summed E-state index contributed by atoms with van der Waals surface area (Å²) in [6.07, 6.45) is 1.86. The van der Waals surface area contributed by atoms with Gasteiger partial charge in [-0.2, -0.15) is 0 Å². The SMILES string of the molecule is CN(C)CCCCNC(=O)c1cc(Cl)ccc1F. The molecule has 0 bridgehead atoms. The molecule has 0 unspecified atom stereocenters. The molecule has 0 aliphatic heterocycles. The molecule has 0 fully saturated rings. The maximum absolute atomic E-state index is 13.4. The molecule has 0 heterocycles. The molecule has 18 heavy (non-hydrogen) atoms. The van der Waals surface area contributed by atoms with Crippen molar-refractivity contribution >= 4 is 17.5 Å². The fourth-order valence-corrected chi connectivity index (χ4v) is 1.69. The highest BCUT2D eigenvalue weighted by atomic mass is 35.5. The molecule has 3 nitrogen and oxygen atoms in total. The summed E-state index contributed by atoms with van der Waals surface area (Å²) in [5.74, 6) is -0.968. The molecule has 0 saturated carbocycles. The highest BCUT2D eigenvalue weighted by molar-refractivity contribution is 6.30. The van der Waals surface area contributed by atoms with Crippen LogP contribution in [0.2, 0.25) is 5.02 Å². The third kappa shape index (κ3) is 5.02. The van der Waals surface area contributed by atoms with E-state index in [0.29, 0.717) is 11.6 Å². The Hall–Kier alpha value is -1.13. The summed E-state index contributed by atoms with van der Waals surface area (Å²) in [6.45, 7) is 1.51. The number of carbonyl (C=O) groups excluding carboxylic acids is 1. The summed E-state index contributed by atoms with van der Waals surface area (Å²) in [5.41, 5.74) is -0.00453. The summed E-state index contributed by atoms with van der Waals surface area (Å²) in [5, 5.41) is 3.04. The Bertz CT molecular complexity index is 410. The number of hydrogen-bond donors (Lipinski definition) is 1. The first-order valence-electron chi connectivity index (χ1n) is 5.88. The predicted molar refractivity (Wildman–Crippen MR) is 71.5 cm³/mol. The van der Waals surface area contributed by atoms with Gasteiger partial charge in [0.05, 0.1) is 5.56 Å². The summed E-state index contributed by atoms with van der Waals surface area (Å²) in [4.78, 5) is 13.8. The van der Waals surface area contributed by atoms with Crippen LogP contribution < -0.4 is 5.32 Å². The molecule has 0 saturated heterocycles. The molecule has 100 valence electrons. The van der Waals surface area contributed by atoms with E-state index in [-0.39, 0.29) is 5.56 Å². The summed E-state index contributed by atoms with van der Waals surface area (Å²) >= 11 is 5.73. The molecule has 1 aromatic rings. The third-order valence-corrected chi connectivity index (χ3v) is 2.73. The zero-order chi connectivity index (χ0) is 13.5. The molecule has 0 spiro atoms. The fraction of sp³-hybridized carbons (Fsp3) is 0.462. The highest BCUT2D eigenvalue weighted by Gasteiger charge is 2.11. The van der Waals surface area contributed by atoms with Gasteiger partial charge in [-0.25, -0.2) is 4.39 Å². The van der Waals surface area contributed by atoms with Crippen LogP contribution in [0, 0.1) is 5.82 Å². The van der Waals surface area contributed by atoms with Crippen LogP contribution in [0.1, 0.15) is 23.2 Å². The Morgan fingerprint density at radius 2 is 2.11 bits per heavy atom. The minimum atomic E-state index is -0.551. The van der Waals surface area contributed by atoms with E-state index in [4.69, 9.17) is 11.6 Å². The van der Waals surface area contributed by atoms with Gasteiger partial charge in [0.2, 0.25) is 0 Å². The van der Waals surface area contributed by atoms with E-state index in [1.807, 2.05) is 14.1 Å². The lowest BCUT2D eigenvalue weighted by molar-refractivity contribution is 0.0949. The molecular formula is C13H18ClFN2O. The van der Waals surface area contributed by atoms with E-state index in [1.165, 1.54) is 18.2 Å². The quantitative estimate of drug-likeness (QED) is 0.807. The van der Waals surface area contributed by atoms with Gasteiger partial charge >= 0.3 is 0 Å². The minimum Gasteiger partial charge on any atom is -0.352 e. The minimum absolute atomic E-state index is 0.00453. The summed E-state index contributed by atoms with van der Waals surface area (Å²) < 4.78 is 13.4. The van der Waals surface area contributed by atoms with Crippen molar-refractivity contribution in [2.24, 2.45) is 0 Å². The second-order valence-corrected chi connectivity index (χ2v) is 4.83. The van der Waals surface area contributed by atoms with E-state index < -0.39 is 11.7 Å². The zero-order valence-corrected chi connectivity index (χ0v) is 11.4. The second-order valence-electron chi connectivity index (χ2n) is 4.39. The van der Waals surface area contributed by atoms with E-state index >= 15 is 0 Å². The molecule has 1 N–H and O–H groups in total. The molecule has 0 aromatic heterocycles. The van der Waals surface area contributed by atoms with Crippen molar-refractivity contribution in [1.82, 2.24) is 10.2 Å². The van der Waals surface area contributed by atoms with Crippen molar-refractivity contribution in [3.05, 3.63) is 34.6 Å². The van der Waals surface area contributed by atoms with Crippen LogP contribution in [0.25, 0.3) is 0 Å².